The average molecular weight is 223 g/mol. The molecule has 0 saturated heterocycles. The molecule has 0 unspecified atom stereocenters. The van der Waals surface area contributed by atoms with Crippen molar-refractivity contribution in [2.45, 2.75) is 20.3 Å². The van der Waals surface area contributed by atoms with Gasteiger partial charge in [-0.3, -0.25) is 0 Å². The van der Waals surface area contributed by atoms with E-state index in [9.17, 15) is 0 Å². The summed E-state index contributed by atoms with van der Waals surface area (Å²) < 4.78 is 1.70. The van der Waals surface area contributed by atoms with Crippen LogP contribution in [0.5, 0.6) is 0 Å². The van der Waals surface area contributed by atoms with Gasteiger partial charge in [0.15, 0.2) is 5.82 Å². The van der Waals surface area contributed by atoms with Crippen LogP contribution >= 0.6 is 11.6 Å². The molecule has 2 aromatic heterocycles. The first-order valence-electron chi connectivity index (χ1n) is 4.74. The highest BCUT2D eigenvalue weighted by atomic mass is 35.5. The maximum atomic E-state index is 5.89. The van der Waals surface area contributed by atoms with E-state index in [4.69, 9.17) is 11.6 Å². The topological polar surface area (TPSA) is 43.6 Å². The zero-order valence-corrected chi connectivity index (χ0v) is 9.36. The molecule has 4 nitrogen and oxygen atoms in total. The van der Waals surface area contributed by atoms with Crippen molar-refractivity contribution in [2.24, 2.45) is 0 Å². The van der Waals surface area contributed by atoms with Crippen molar-refractivity contribution >= 4 is 11.6 Å². The van der Waals surface area contributed by atoms with Gasteiger partial charge >= 0.3 is 0 Å². The molecule has 0 amide bonds. The van der Waals surface area contributed by atoms with Crippen molar-refractivity contribution in [1.82, 2.24) is 19.7 Å². The lowest BCUT2D eigenvalue weighted by Crippen LogP contribution is -2.02. The SMILES string of the molecule is CCc1nc(Cl)cc(-n2cc(C)cn2)n1. The quantitative estimate of drug-likeness (QED) is 0.732. The maximum absolute atomic E-state index is 5.89. The van der Waals surface area contributed by atoms with Crippen LogP contribution < -0.4 is 0 Å². The molecule has 0 radical (unpaired) electrons. The summed E-state index contributed by atoms with van der Waals surface area (Å²) >= 11 is 5.89. The van der Waals surface area contributed by atoms with Crippen molar-refractivity contribution in [1.29, 1.82) is 0 Å². The second kappa shape index (κ2) is 3.98. The normalized spacial score (nSPS) is 10.6. The van der Waals surface area contributed by atoms with Crippen molar-refractivity contribution < 1.29 is 0 Å². The molecule has 0 atom stereocenters. The summed E-state index contributed by atoms with van der Waals surface area (Å²) in [5.74, 6) is 1.44. The molecule has 15 heavy (non-hydrogen) atoms. The van der Waals surface area contributed by atoms with E-state index in [1.54, 1.807) is 16.9 Å². The molecule has 0 aliphatic rings. The Morgan fingerprint density at radius 3 is 2.80 bits per heavy atom. The van der Waals surface area contributed by atoms with E-state index >= 15 is 0 Å². The Bertz CT molecular complexity index is 478. The van der Waals surface area contributed by atoms with E-state index in [0.717, 1.165) is 17.8 Å². The fraction of sp³-hybridized carbons (Fsp3) is 0.300. The number of hydrogen-bond acceptors (Lipinski definition) is 3. The maximum Gasteiger partial charge on any atom is 0.158 e. The van der Waals surface area contributed by atoms with Crippen LogP contribution in [0.3, 0.4) is 0 Å². The highest BCUT2D eigenvalue weighted by molar-refractivity contribution is 6.29. The highest BCUT2D eigenvalue weighted by Crippen LogP contribution is 2.11. The smallest absolute Gasteiger partial charge is 0.158 e. The molecule has 5 heteroatoms. The standard InChI is InChI=1S/C10H11ClN4/c1-3-9-13-8(11)4-10(14-9)15-6-7(2)5-12-15/h4-6H,3H2,1-2H3. The Morgan fingerprint density at radius 2 is 2.20 bits per heavy atom. The van der Waals surface area contributed by atoms with Gasteiger partial charge in [-0.2, -0.15) is 5.10 Å². The third-order valence-electron chi connectivity index (χ3n) is 1.99. The van der Waals surface area contributed by atoms with Gasteiger partial charge in [0.1, 0.15) is 11.0 Å². The monoisotopic (exact) mass is 222 g/mol. The third kappa shape index (κ3) is 2.15. The highest BCUT2D eigenvalue weighted by Gasteiger charge is 2.04. The van der Waals surface area contributed by atoms with Crippen LogP contribution in [0.15, 0.2) is 18.5 Å². The molecule has 0 fully saturated rings. The van der Waals surface area contributed by atoms with Gasteiger partial charge in [-0.1, -0.05) is 18.5 Å². The molecule has 2 heterocycles. The molecule has 0 N–H and O–H groups in total. The third-order valence-corrected chi connectivity index (χ3v) is 2.18. The minimum atomic E-state index is 0.449. The zero-order chi connectivity index (χ0) is 10.8. The Kier molecular flexibility index (Phi) is 2.68. The van der Waals surface area contributed by atoms with Gasteiger partial charge < -0.3 is 0 Å². The second-order valence-electron chi connectivity index (χ2n) is 3.28. The van der Waals surface area contributed by atoms with E-state index in [-0.39, 0.29) is 0 Å². The summed E-state index contributed by atoms with van der Waals surface area (Å²) in [4.78, 5) is 8.44. The molecule has 2 aromatic rings. The summed E-state index contributed by atoms with van der Waals surface area (Å²) in [6.07, 6.45) is 4.44. The largest absolute Gasteiger partial charge is 0.222 e. The second-order valence-corrected chi connectivity index (χ2v) is 3.67. The number of halogens is 1. The first-order valence-corrected chi connectivity index (χ1v) is 5.12. The minimum Gasteiger partial charge on any atom is -0.222 e. The molecule has 2 rings (SSSR count). The van der Waals surface area contributed by atoms with Crippen LogP contribution in [0.4, 0.5) is 0 Å². The Hall–Kier alpha value is -1.42. The minimum absolute atomic E-state index is 0.449. The predicted molar refractivity (Wildman–Crippen MR) is 58.3 cm³/mol. The Morgan fingerprint density at radius 1 is 1.40 bits per heavy atom. The van der Waals surface area contributed by atoms with E-state index in [1.165, 1.54) is 0 Å². The van der Waals surface area contributed by atoms with Crippen LogP contribution in [0, 0.1) is 6.92 Å². The molecule has 78 valence electrons. The van der Waals surface area contributed by atoms with Crippen LogP contribution in [0.2, 0.25) is 5.15 Å². The fourth-order valence-corrected chi connectivity index (χ4v) is 1.46. The number of rotatable bonds is 2. The fourth-order valence-electron chi connectivity index (χ4n) is 1.27. The summed E-state index contributed by atoms with van der Waals surface area (Å²) in [5.41, 5.74) is 1.09. The number of nitrogens with zero attached hydrogens (tertiary/aromatic N) is 4. The van der Waals surface area contributed by atoms with Gasteiger partial charge in [0.2, 0.25) is 0 Å². The molecule has 0 spiro atoms. The van der Waals surface area contributed by atoms with Crippen LogP contribution in [0.1, 0.15) is 18.3 Å². The predicted octanol–water partition coefficient (Wildman–Crippen LogP) is 2.19. The Balaban J connectivity index is 2.48. The number of aryl methyl sites for hydroxylation is 2. The van der Waals surface area contributed by atoms with Gasteiger partial charge in [0, 0.05) is 18.7 Å². The van der Waals surface area contributed by atoms with E-state index in [2.05, 4.69) is 15.1 Å². The van der Waals surface area contributed by atoms with Gasteiger partial charge in [-0.05, 0) is 12.5 Å². The number of aromatic nitrogens is 4. The van der Waals surface area contributed by atoms with Crippen molar-refractivity contribution in [2.75, 3.05) is 0 Å². The molecule has 0 saturated carbocycles. The molecular weight excluding hydrogens is 212 g/mol. The van der Waals surface area contributed by atoms with Gasteiger partial charge in [0.05, 0.1) is 6.20 Å². The van der Waals surface area contributed by atoms with E-state index < -0.39 is 0 Å². The molecule has 0 aliphatic carbocycles. The number of hydrogen-bond donors (Lipinski definition) is 0. The molecular formula is C10H11ClN4. The van der Waals surface area contributed by atoms with E-state index in [0.29, 0.717) is 11.0 Å². The van der Waals surface area contributed by atoms with Gasteiger partial charge in [-0.25, -0.2) is 14.6 Å². The van der Waals surface area contributed by atoms with Gasteiger partial charge in [0.25, 0.3) is 0 Å². The van der Waals surface area contributed by atoms with Crippen molar-refractivity contribution in [3.63, 3.8) is 0 Å². The van der Waals surface area contributed by atoms with Crippen LogP contribution in [0.25, 0.3) is 5.82 Å². The van der Waals surface area contributed by atoms with Crippen LogP contribution in [-0.4, -0.2) is 19.7 Å². The van der Waals surface area contributed by atoms with Crippen LogP contribution in [-0.2, 0) is 6.42 Å². The first-order chi connectivity index (χ1) is 7.19. The summed E-state index contributed by atoms with van der Waals surface area (Å²) in [6.45, 7) is 3.97. The van der Waals surface area contributed by atoms with Crippen molar-refractivity contribution in [3.8, 4) is 5.82 Å². The summed E-state index contributed by atoms with van der Waals surface area (Å²) in [6, 6.07) is 1.70. The van der Waals surface area contributed by atoms with E-state index in [1.807, 2.05) is 20.0 Å². The lowest BCUT2D eigenvalue weighted by Gasteiger charge is -2.02. The summed E-state index contributed by atoms with van der Waals surface area (Å²) in [7, 11) is 0. The summed E-state index contributed by atoms with van der Waals surface area (Å²) in [5, 5.41) is 4.62. The van der Waals surface area contributed by atoms with Crippen molar-refractivity contribution in [3.05, 3.63) is 35.0 Å². The average Bonchev–Trinajstić information content (AvgIpc) is 2.64. The molecule has 0 aliphatic heterocycles. The zero-order valence-electron chi connectivity index (χ0n) is 8.61. The molecule has 0 bridgehead atoms. The first kappa shape index (κ1) is 10.1. The molecule has 0 aromatic carbocycles. The Labute approximate surface area is 92.9 Å². The lowest BCUT2D eigenvalue weighted by atomic mass is 10.4. The van der Waals surface area contributed by atoms with Gasteiger partial charge in [-0.15, -0.1) is 0 Å². The lowest BCUT2D eigenvalue weighted by molar-refractivity contribution is 0.813.